The zero-order chi connectivity index (χ0) is 17.2. The highest BCUT2D eigenvalue weighted by atomic mass is 127. The largest absolute Gasteiger partial charge is 0.355 e. The van der Waals surface area contributed by atoms with Gasteiger partial charge in [0.1, 0.15) is 5.82 Å². The van der Waals surface area contributed by atoms with E-state index in [1.807, 2.05) is 0 Å². The molecule has 1 amide bonds. The SMILES string of the molecule is CN=C(NCc1cc(F)ccc1Br)N1CCCC2(CNC(=O)C2)C1.I. The molecule has 1 aromatic rings. The average molecular weight is 525 g/mol. The third kappa shape index (κ3) is 4.84. The van der Waals surface area contributed by atoms with E-state index in [9.17, 15) is 9.18 Å². The molecular formula is C17H23BrFIN4O. The van der Waals surface area contributed by atoms with Crippen molar-refractivity contribution < 1.29 is 9.18 Å². The van der Waals surface area contributed by atoms with Crippen molar-refractivity contribution in [3.8, 4) is 0 Å². The molecule has 2 N–H and O–H groups in total. The Morgan fingerprint density at radius 1 is 1.52 bits per heavy atom. The molecule has 1 unspecified atom stereocenters. The quantitative estimate of drug-likeness (QED) is 0.355. The number of piperidine rings is 1. The van der Waals surface area contributed by atoms with Crippen LogP contribution in [0.4, 0.5) is 4.39 Å². The van der Waals surface area contributed by atoms with Gasteiger partial charge in [0, 0.05) is 49.5 Å². The number of carbonyl (C=O) groups is 1. The van der Waals surface area contributed by atoms with Crippen LogP contribution in [0.2, 0.25) is 0 Å². The lowest BCUT2D eigenvalue weighted by molar-refractivity contribution is -0.119. The molecular weight excluding hydrogens is 502 g/mol. The summed E-state index contributed by atoms with van der Waals surface area (Å²) in [4.78, 5) is 18.2. The highest BCUT2D eigenvalue weighted by molar-refractivity contribution is 14.0. The molecule has 3 rings (SSSR count). The number of halogens is 3. The molecule has 138 valence electrons. The second kappa shape index (κ2) is 8.66. The first kappa shape index (κ1) is 20.4. The van der Waals surface area contributed by atoms with Crippen LogP contribution < -0.4 is 10.6 Å². The molecule has 2 heterocycles. The van der Waals surface area contributed by atoms with Gasteiger partial charge >= 0.3 is 0 Å². The van der Waals surface area contributed by atoms with Gasteiger partial charge in [-0.25, -0.2) is 4.39 Å². The lowest BCUT2D eigenvalue weighted by Crippen LogP contribution is -2.51. The zero-order valence-corrected chi connectivity index (χ0v) is 18.1. The standard InChI is InChI=1S/C17H22BrFN4O.HI/c1-20-16(21-9-12-7-13(19)3-4-14(12)18)23-6-2-5-17(11-23)8-15(24)22-10-17;/h3-4,7H,2,5-6,8-11H2,1H3,(H,20,21)(H,22,24);1H. The van der Waals surface area contributed by atoms with Gasteiger partial charge in [-0.15, -0.1) is 24.0 Å². The monoisotopic (exact) mass is 524 g/mol. The highest BCUT2D eigenvalue weighted by Crippen LogP contribution is 2.36. The second-order valence-corrected chi connectivity index (χ2v) is 7.47. The Labute approximate surface area is 173 Å². The summed E-state index contributed by atoms with van der Waals surface area (Å²) in [6.45, 7) is 2.97. The number of amides is 1. The van der Waals surface area contributed by atoms with Gasteiger partial charge in [0.25, 0.3) is 0 Å². The minimum Gasteiger partial charge on any atom is -0.355 e. The van der Waals surface area contributed by atoms with Crippen LogP contribution in [0.3, 0.4) is 0 Å². The Balaban J connectivity index is 0.00000225. The second-order valence-electron chi connectivity index (χ2n) is 6.62. The normalized spacial score (nSPS) is 23.4. The predicted octanol–water partition coefficient (Wildman–Crippen LogP) is 2.88. The fourth-order valence-electron chi connectivity index (χ4n) is 3.61. The van der Waals surface area contributed by atoms with Crippen LogP contribution >= 0.6 is 39.9 Å². The number of hydrogen-bond donors (Lipinski definition) is 2. The number of guanidine groups is 1. The van der Waals surface area contributed by atoms with Crippen molar-refractivity contribution >= 4 is 51.8 Å². The number of nitrogens with zero attached hydrogens (tertiary/aromatic N) is 2. The average Bonchev–Trinajstić information content (AvgIpc) is 2.91. The lowest BCUT2D eigenvalue weighted by atomic mass is 9.79. The molecule has 0 radical (unpaired) electrons. The molecule has 2 saturated heterocycles. The van der Waals surface area contributed by atoms with Gasteiger partial charge in [0.15, 0.2) is 5.96 Å². The van der Waals surface area contributed by atoms with Crippen LogP contribution in [0.15, 0.2) is 27.7 Å². The maximum Gasteiger partial charge on any atom is 0.220 e. The molecule has 0 saturated carbocycles. The van der Waals surface area contributed by atoms with Crippen LogP contribution in [-0.4, -0.2) is 43.4 Å². The van der Waals surface area contributed by atoms with Crippen molar-refractivity contribution in [1.29, 1.82) is 0 Å². The van der Waals surface area contributed by atoms with E-state index in [0.717, 1.165) is 48.5 Å². The third-order valence-electron chi connectivity index (χ3n) is 4.81. The first-order valence-corrected chi connectivity index (χ1v) is 8.97. The molecule has 25 heavy (non-hydrogen) atoms. The topological polar surface area (TPSA) is 56.7 Å². The van der Waals surface area contributed by atoms with Crippen molar-refractivity contribution in [1.82, 2.24) is 15.5 Å². The maximum absolute atomic E-state index is 13.4. The molecule has 2 fully saturated rings. The lowest BCUT2D eigenvalue weighted by Gasteiger charge is -2.40. The van der Waals surface area contributed by atoms with E-state index in [-0.39, 0.29) is 41.1 Å². The summed E-state index contributed by atoms with van der Waals surface area (Å²) in [5, 5.41) is 6.27. The van der Waals surface area contributed by atoms with E-state index in [1.54, 1.807) is 13.1 Å². The van der Waals surface area contributed by atoms with Crippen LogP contribution in [0.25, 0.3) is 0 Å². The van der Waals surface area contributed by atoms with Crippen molar-refractivity contribution in [3.63, 3.8) is 0 Å². The van der Waals surface area contributed by atoms with Gasteiger partial charge in [-0.2, -0.15) is 0 Å². The summed E-state index contributed by atoms with van der Waals surface area (Å²) >= 11 is 3.45. The molecule has 2 aliphatic rings. The van der Waals surface area contributed by atoms with E-state index in [1.165, 1.54) is 12.1 Å². The third-order valence-corrected chi connectivity index (χ3v) is 5.59. The van der Waals surface area contributed by atoms with Crippen LogP contribution in [0.1, 0.15) is 24.8 Å². The van der Waals surface area contributed by atoms with E-state index >= 15 is 0 Å². The zero-order valence-electron chi connectivity index (χ0n) is 14.1. The van der Waals surface area contributed by atoms with E-state index in [0.29, 0.717) is 13.0 Å². The number of aliphatic imine (C=N–C) groups is 1. The smallest absolute Gasteiger partial charge is 0.220 e. The number of likely N-dealkylation sites (tertiary alicyclic amines) is 1. The first-order valence-electron chi connectivity index (χ1n) is 8.18. The van der Waals surface area contributed by atoms with Gasteiger partial charge in [-0.3, -0.25) is 9.79 Å². The van der Waals surface area contributed by atoms with Crippen molar-refractivity contribution in [2.45, 2.75) is 25.8 Å². The molecule has 5 nitrogen and oxygen atoms in total. The fourth-order valence-corrected chi connectivity index (χ4v) is 4.00. The summed E-state index contributed by atoms with van der Waals surface area (Å²) in [5.41, 5.74) is 0.868. The van der Waals surface area contributed by atoms with E-state index in [4.69, 9.17) is 0 Å². The van der Waals surface area contributed by atoms with Crippen molar-refractivity contribution in [3.05, 3.63) is 34.1 Å². The predicted molar refractivity (Wildman–Crippen MR) is 111 cm³/mol. The number of carbonyl (C=O) groups excluding carboxylic acids is 1. The van der Waals surface area contributed by atoms with Gasteiger partial charge in [0.05, 0.1) is 0 Å². The minimum atomic E-state index is -0.252. The Hall–Kier alpha value is -0.900. The number of nitrogens with one attached hydrogen (secondary N) is 2. The number of rotatable bonds is 2. The summed E-state index contributed by atoms with van der Waals surface area (Å²) in [6.07, 6.45) is 2.70. The van der Waals surface area contributed by atoms with E-state index in [2.05, 4.69) is 36.5 Å². The van der Waals surface area contributed by atoms with Gasteiger partial charge < -0.3 is 15.5 Å². The fraction of sp³-hybridized carbons (Fsp3) is 0.529. The molecule has 1 spiro atoms. The molecule has 0 aromatic heterocycles. The Morgan fingerprint density at radius 3 is 3.00 bits per heavy atom. The van der Waals surface area contributed by atoms with Crippen LogP contribution in [0.5, 0.6) is 0 Å². The van der Waals surface area contributed by atoms with Gasteiger partial charge in [-0.05, 0) is 36.6 Å². The number of benzene rings is 1. The molecule has 1 aromatic carbocycles. The van der Waals surface area contributed by atoms with Gasteiger partial charge in [-0.1, -0.05) is 15.9 Å². The van der Waals surface area contributed by atoms with Crippen LogP contribution in [0, 0.1) is 11.2 Å². The molecule has 1 atom stereocenters. The van der Waals surface area contributed by atoms with Crippen LogP contribution in [-0.2, 0) is 11.3 Å². The Morgan fingerprint density at radius 2 is 2.32 bits per heavy atom. The van der Waals surface area contributed by atoms with E-state index < -0.39 is 0 Å². The summed E-state index contributed by atoms with van der Waals surface area (Å²) in [5.74, 6) is 0.686. The molecule has 0 aliphatic carbocycles. The summed E-state index contributed by atoms with van der Waals surface area (Å²) < 4.78 is 14.3. The molecule has 0 bridgehead atoms. The Bertz CT molecular complexity index is 672. The first-order chi connectivity index (χ1) is 11.5. The minimum absolute atomic E-state index is 0. The molecule has 8 heteroatoms. The van der Waals surface area contributed by atoms with Crippen molar-refractivity contribution in [2.24, 2.45) is 10.4 Å². The summed E-state index contributed by atoms with van der Waals surface area (Å²) in [7, 11) is 1.75. The Kier molecular flexibility index (Phi) is 7.07. The van der Waals surface area contributed by atoms with Gasteiger partial charge in [0.2, 0.25) is 5.91 Å². The number of hydrogen-bond acceptors (Lipinski definition) is 2. The highest BCUT2D eigenvalue weighted by Gasteiger charge is 2.42. The molecule has 2 aliphatic heterocycles. The maximum atomic E-state index is 13.4. The van der Waals surface area contributed by atoms with Crippen molar-refractivity contribution in [2.75, 3.05) is 26.7 Å². The summed E-state index contributed by atoms with van der Waals surface area (Å²) in [6, 6.07) is 4.66.